The SMILES string of the molecule is CC(C)(C)OC(=O)NC(CC1CC1)C(=O)c1ccccc1F. The molecule has 0 saturated heterocycles. The Labute approximate surface area is 130 Å². The Morgan fingerprint density at radius 2 is 1.95 bits per heavy atom. The van der Waals surface area contributed by atoms with Gasteiger partial charge in [-0.05, 0) is 45.2 Å². The van der Waals surface area contributed by atoms with E-state index in [2.05, 4.69) is 5.32 Å². The first-order valence-corrected chi connectivity index (χ1v) is 7.54. The van der Waals surface area contributed by atoms with Crippen molar-refractivity contribution in [3.05, 3.63) is 35.6 Å². The van der Waals surface area contributed by atoms with Crippen LogP contribution in [0.3, 0.4) is 0 Å². The van der Waals surface area contributed by atoms with Crippen LogP contribution in [0.5, 0.6) is 0 Å². The molecule has 0 bridgehead atoms. The topological polar surface area (TPSA) is 55.4 Å². The van der Waals surface area contributed by atoms with Gasteiger partial charge in [0, 0.05) is 0 Å². The maximum absolute atomic E-state index is 13.8. The molecule has 1 aromatic rings. The van der Waals surface area contributed by atoms with Crippen molar-refractivity contribution < 1.29 is 18.7 Å². The van der Waals surface area contributed by atoms with Gasteiger partial charge in [-0.2, -0.15) is 0 Å². The second-order valence-electron chi connectivity index (χ2n) is 6.72. The van der Waals surface area contributed by atoms with Crippen molar-refractivity contribution in [3.8, 4) is 0 Å². The fraction of sp³-hybridized carbons (Fsp3) is 0.529. The summed E-state index contributed by atoms with van der Waals surface area (Å²) in [6.45, 7) is 5.25. The Bertz CT molecular complexity index is 561. The Morgan fingerprint density at radius 3 is 2.50 bits per heavy atom. The molecule has 2 rings (SSSR count). The summed E-state index contributed by atoms with van der Waals surface area (Å²) in [7, 11) is 0. The van der Waals surface area contributed by atoms with Gasteiger partial charge in [-0.1, -0.05) is 25.0 Å². The number of halogens is 1. The Kier molecular flexibility index (Phi) is 4.84. The van der Waals surface area contributed by atoms with E-state index in [0.717, 1.165) is 12.8 Å². The smallest absolute Gasteiger partial charge is 0.408 e. The normalized spacial score (nSPS) is 16.0. The van der Waals surface area contributed by atoms with Crippen molar-refractivity contribution in [2.24, 2.45) is 5.92 Å². The Hall–Kier alpha value is -1.91. The second kappa shape index (κ2) is 6.46. The van der Waals surface area contributed by atoms with Crippen LogP contribution in [0.25, 0.3) is 0 Å². The van der Waals surface area contributed by atoms with E-state index in [-0.39, 0.29) is 5.56 Å². The number of alkyl carbamates (subject to hydrolysis) is 1. The lowest BCUT2D eigenvalue weighted by molar-refractivity contribution is 0.0486. The highest BCUT2D eigenvalue weighted by molar-refractivity contribution is 6.01. The maximum Gasteiger partial charge on any atom is 0.408 e. The Balaban J connectivity index is 2.10. The highest BCUT2D eigenvalue weighted by Crippen LogP contribution is 2.34. The highest BCUT2D eigenvalue weighted by atomic mass is 19.1. The van der Waals surface area contributed by atoms with Crippen molar-refractivity contribution >= 4 is 11.9 Å². The molecule has 1 saturated carbocycles. The summed E-state index contributed by atoms with van der Waals surface area (Å²) in [6, 6.07) is 5.07. The lowest BCUT2D eigenvalue weighted by atomic mass is 9.99. The van der Waals surface area contributed by atoms with Crippen molar-refractivity contribution in [1.29, 1.82) is 0 Å². The Morgan fingerprint density at radius 1 is 1.32 bits per heavy atom. The molecular formula is C17H22FNO3. The third-order valence-electron chi connectivity index (χ3n) is 3.41. The monoisotopic (exact) mass is 307 g/mol. The lowest BCUT2D eigenvalue weighted by Gasteiger charge is -2.23. The van der Waals surface area contributed by atoms with Crippen LogP contribution in [0.2, 0.25) is 0 Å². The predicted octanol–water partition coefficient (Wildman–Crippen LogP) is 3.70. The summed E-state index contributed by atoms with van der Waals surface area (Å²) in [6.07, 6.45) is 1.95. The lowest BCUT2D eigenvalue weighted by Crippen LogP contribution is -2.44. The first-order valence-electron chi connectivity index (χ1n) is 7.54. The van der Waals surface area contributed by atoms with Gasteiger partial charge >= 0.3 is 6.09 Å². The van der Waals surface area contributed by atoms with Gasteiger partial charge in [-0.3, -0.25) is 4.79 Å². The summed E-state index contributed by atoms with van der Waals surface area (Å²) in [5.74, 6) is -0.564. The average Bonchev–Trinajstić information content (AvgIpc) is 3.19. The number of benzene rings is 1. The molecule has 0 spiro atoms. The maximum atomic E-state index is 13.8. The summed E-state index contributed by atoms with van der Waals surface area (Å²) < 4.78 is 19.0. The van der Waals surface area contributed by atoms with Gasteiger partial charge in [-0.15, -0.1) is 0 Å². The molecule has 1 fully saturated rings. The molecule has 1 unspecified atom stereocenters. The van der Waals surface area contributed by atoms with Crippen molar-refractivity contribution in [1.82, 2.24) is 5.32 Å². The van der Waals surface area contributed by atoms with E-state index in [1.807, 2.05) is 0 Å². The molecule has 22 heavy (non-hydrogen) atoms. The van der Waals surface area contributed by atoms with E-state index in [1.165, 1.54) is 18.2 Å². The van der Waals surface area contributed by atoms with E-state index in [1.54, 1.807) is 26.8 Å². The quantitative estimate of drug-likeness (QED) is 0.844. The van der Waals surface area contributed by atoms with Gasteiger partial charge < -0.3 is 10.1 Å². The third kappa shape index (κ3) is 4.83. The number of carbonyl (C=O) groups is 2. The van der Waals surface area contributed by atoms with E-state index in [9.17, 15) is 14.0 Å². The molecule has 0 radical (unpaired) electrons. The number of rotatable bonds is 5. The molecule has 1 aromatic carbocycles. The number of hydrogen-bond acceptors (Lipinski definition) is 3. The number of Topliss-reactive ketones (excluding diaryl/α,β-unsaturated/α-hetero) is 1. The molecule has 120 valence electrons. The molecular weight excluding hydrogens is 285 g/mol. The largest absolute Gasteiger partial charge is 0.444 e. The predicted molar refractivity (Wildman–Crippen MR) is 81.2 cm³/mol. The van der Waals surface area contributed by atoms with Gasteiger partial charge in [0.2, 0.25) is 0 Å². The van der Waals surface area contributed by atoms with Gasteiger partial charge in [0.05, 0.1) is 11.6 Å². The van der Waals surface area contributed by atoms with E-state index in [0.29, 0.717) is 12.3 Å². The van der Waals surface area contributed by atoms with Crippen LogP contribution in [0.15, 0.2) is 24.3 Å². The van der Waals surface area contributed by atoms with Gasteiger partial charge in [0.1, 0.15) is 11.4 Å². The van der Waals surface area contributed by atoms with Crippen LogP contribution in [-0.2, 0) is 4.74 Å². The third-order valence-corrected chi connectivity index (χ3v) is 3.41. The second-order valence-corrected chi connectivity index (χ2v) is 6.72. The van der Waals surface area contributed by atoms with Crippen LogP contribution < -0.4 is 5.32 Å². The molecule has 4 nitrogen and oxygen atoms in total. The number of amides is 1. The van der Waals surface area contributed by atoms with Gasteiger partial charge in [0.15, 0.2) is 5.78 Å². The zero-order chi connectivity index (χ0) is 16.3. The van der Waals surface area contributed by atoms with Crippen molar-refractivity contribution in [2.45, 2.75) is 51.7 Å². The molecule has 1 aliphatic rings. The summed E-state index contributed by atoms with van der Waals surface area (Å²) in [4.78, 5) is 24.4. The zero-order valence-electron chi connectivity index (χ0n) is 13.2. The molecule has 0 heterocycles. The van der Waals surface area contributed by atoms with E-state index in [4.69, 9.17) is 4.74 Å². The van der Waals surface area contributed by atoms with Gasteiger partial charge in [-0.25, -0.2) is 9.18 Å². The molecule has 1 atom stereocenters. The van der Waals surface area contributed by atoms with E-state index < -0.39 is 29.3 Å². The number of carbonyl (C=O) groups excluding carboxylic acids is 2. The first-order chi connectivity index (χ1) is 10.3. The number of ketones is 1. The van der Waals surface area contributed by atoms with Crippen LogP contribution in [0.1, 0.15) is 50.4 Å². The summed E-state index contributed by atoms with van der Waals surface area (Å²) in [5, 5.41) is 2.59. The van der Waals surface area contributed by atoms with Crippen LogP contribution in [0, 0.1) is 11.7 Å². The van der Waals surface area contributed by atoms with Crippen molar-refractivity contribution in [3.63, 3.8) is 0 Å². The fourth-order valence-corrected chi connectivity index (χ4v) is 2.22. The minimum Gasteiger partial charge on any atom is -0.444 e. The van der Waals surface area contributed by atoms with Crippen LogP contribution >= 0.6 is 0 Å². The van der Waals surface area contributed by atoms with E-state index >= 15 is 0 Å². The first kappa shape index (κ1) is 16.5. The number of hydrogen-bond donors (Lipinski definition) is 1. The van der Waals surface area contributed by atoms with Crippen molar-refractivity contribution in [2.75, 3.05) is 0 Å². The standard InChI is InChI=1S/C17H22FNO3/c1-17(2,3)22-16(21)19-14(10-11-8-9-11)15(20)12-6-4-5-7-13(12)18/h4-7,11,14H,8-10H2,1-3H3,(H,19,21). The van der Waals surface area contributed by atoms with Gasteiger partial charge in [0.25, 0.3) is 0 Å². The molecule has 1 N–H and O–H groups in total. The molecule has 1 amide bonds. The molecule has 0 aliphatic heterocycles. The number of ether oxygens (including phenoxy) is 1. The van der Waals surface area contributed by atoms with Crippen LogP contribution in [0.4, 0.5) is 9.18 Å². The molecule has 5 heteroatoms. The molecule has 0 aromatic heterocycles. The average molecular weight is 307 g/mol. The highest BCUT2D eigenvalue weighted by Gasteiger charge is 2.32. The van der Waals surface area contributed by atoms with Crippen LogP contribution in [-0.4, -0.2) is 23.5 Å². The minimum absolute atomic E-state index is 0.00390. The number of nitrogens with one attached hydrogen (secondary N) is 1. The minimum atomic E-state index is -0.751. The fourth-order valence-electron chi connectivity index (χ4n) is 2.22. The molecule has 1 aliphatic carbocycles. The summed E-state index contributed by atoms with van der Waals surface area (Å²) >= 11 is 0. The summed E-state index contributed by atoms with van der Waals surface area (Å²) in [5.41, 5.74) is -0.640. The zero-order valence-corrected chi connectivity index (χ0v) is 13.2.